The molecule has 3 rings (SSSR count). The van der Waals surface area contributed by atoms with Crippen molar-refractivity contribution in [2.45, 2.75) is 63.9 Å². The third kappa shape index (κ3) is 7.32. The molecule has 0 spiro atoms. The van der Waals surface area contributed by atoms with Gasteiger partial charge in [-0.05, 0) is 68.9 Å². The van der Waals surface area contributed by atoms with Crippen LogP contribution in [0.15, 0.2) is 57.5 Å². The lowest BCUT2D eigenvalue weighted by Gasteiger charge is -2.42. The predicted octanol–water partition coefficient (Wildman–Crippen LogP) is 6.79. The zero-order valence-electron chi connectivity index (χ0n) is 20.4. The van der Waals surface area contributed by atoms with Gasteiger partial charge in [-0.2, -0.15) is 0 Å². The zero-order valence-corrected chi connectivity index (χ0v) is 23.5. The van der Waals surface area contributed by atoms with Crippen molar-refractivity contribution in [1.29, 1.82) is 0 Å². The lowest BCUT2D eigenvalue weighted by molar-refractivity contribution is -0.122. The highest BCUT2D eigenvalue weighted by atomic mass is 79.9. The van der Waals surface area contributed by atoms with Crippen molar-refractivity contribution in [3.05, 3.63) is 68.6 Å². The molecule has 1 atom stereocenters. The van der Waals surface area contributed by atoms with Gasteiger partial charge in [0.15, 0.2) is 0 Å². The number of piperidine rings is 1. The summed E-state index contributed by atoms with van der Waals surface area (Å²) >= 11 is 7.07. The van der Waals surface area contributed by atoms with Gasteiger partial charge in [-0.3, -0.25) is 4.79 Å². The number of nitrogens with zero attached hydrogens (tertiary/aromatic N) is 1. The van der Waals surface area contributed by atoms with Crippen LogP contribution in [0.5, 0.6) is 0 Å². The number of carbonyl (C=O) groups is 2. The smallest absolute Gasteiger partial charge is 0.410 e. The normalized spacial score (nSPS) is 16.6. The SMILES string of the molecule is CC(CNC(=O)CC1(c2ccccc2)CCN(C(=O)OC(C)(C)C)CC1)c1cc(Br)cc(Br)c1. The molecule has 1 aliphatic heterocycles. The van der Waals surface area contributed by atoms with E-state index < -0.39 is 5.60 Å². The summed E-state index contributed by atoms with van der Waals surface area (Å²) in [6.45, 7) is 9.44. The molecule has 2 amide bonds. The van der Waals surface area contributed by atoms with Gasteiger partial charge in [-0.1, -0.05) is 69.1 Å². The van der Waals surface area contributed by atoms with Gasteiger partial charge in [-0.25, -0.2) is 4.79 Å². The van der Waals surface area contributed by atoms with E-state index in [2.05, 4.69) is 68.4 Å². The molecular weight excluding hydrogens is 560 g/mol. The second kappa shape index (κ2) is 11.3. The fourth-order valence-corrected chi connectivity index (χ4v) is 5.75. The minimum atomic E-state index is -0.522. The molecule has 34 heavy (non-hydrogen) atoms. The van der Waals surface area contributed by atoms with Crippen molar-refractivity contribution in [2.24, 2.45) is 0 Å². The highest BCUT2D eigenvalue weighted by molar-refractivity contribution is 9.11. The van der Waals surface area contributed by atoms with Crippen LogP contribution < -0.4 is 5.32 Å². The Hall–Kier alpha value is -1.86. The molecular formula is C27H34Br2N2O3. The topological polar surface area (TPSA) is 58.6 Å². The second-order valence-corrected chi connectivity index (χ2v) is 12.0. The molecule has 1 aliphatic rings. The van der Waals surface area contributed by atoms with Crippen LogP contribution in [0.4, 0.5) is 4.79 Å². The van der Waals surface area contributed by atoms with E-state index in [1.165, 1.54) is 0 Å². The summed E-state index contributed by atoms with van der Waals surface area (Å²) in [5, 5.41) is 3.15. The molecule has 0 bridgehead atoms. The summed E-state index contributed by atoms with van der Waals surface area (Å²) in [7, 11) is 0. The molecule has 1 heterocycles. The number of carbonyl (C=O) groups excluding carboxylic acids is 2. The number of halogens is 2. The van der Waals surface area contributed by atoms with Gasteiger partial charge in [-0.15, -0.1) is 0 Å². The molecule has 0 aromatic heterocycles. The van der Waals surface area contributed by atoms with Crippen molar-refractivity contribution in [1.82, 2.24) is 10.2 Å². The summed E-state index contributed by atoms with van der Waals surface area (Å²) in [5.41, 5.74) is 1.49. The molecule has 5 nitrogen and oxygen atoms in total. The lowest BCUT2D eigenvalue weighted by atomic mass is 9.70. The number of nitrogens with one attached hydrogen (secondary N) is 1. The Kier molecular flexibility index (Phi) is 8.85. The Balaban J connectivity index is 1.66. The highest BCUT2D eigenvalue weighted by Crippen LogP contribution is 2.39. The van der Waals surface area contributed by atoms with E-state index in [9.17, 15) is 9.59 Å². The molecule has 1 saturated heterocycles. The van der Waals surface area contributed by atoms with Crippen molar-refractivity contribution >= 4 is 43.9 Å². The number of ether oxygens (including phenoxy) is 1. The van der Waals surface area contributed by atoms with E-state index in [1.54, 1.807) is 4.90 Å². The Labute approximate surface area is 219 Å². The second-order valence-electron chi connectivity index (χ2n) is 10.2. The molecule has 7 heteroatoms. The van der Waals surface area contributed by atoms with Crippen LogP contribution in [0.25, 0.3) is 0 Å². The van der Waals surface area contributed by atoms with Crippen LogP contribution in [0.1, 0.15) is 64.0 Å². The maximum Gasteiger partial charge on any atom is 0.410 e. The molecule has 1 N–H and O–H groups in total. The van der Waals surface area contributed by atoms with E-state index in [0.29, 0.717) is 26.1 Å². The molecule has 2 aromatic rings. The molecule has 0 saturated carbocycles. The van der Waals surface area contributed by atoms with Gasteiger partial charge in [0.1, 0.15) is 5.60 Å². The third-order valence-electron chi connectivity index (χ3n) is 6.32. The van der Waals surface area contributed by atoms with Gasteiger partial charge in [0.2, 0.25) is 5.91 Å². The number of amides is 2. The first-order valence-electron chi connectivity index (χ1n) is 11.7. The lowest BCUT2D eigenvalue weighted by Crippen LogP contribution is -2.48. The van der Waals surface area contributed by atoms with Crippen LogP contribution in [-0.4, -0.2) is 42.1 Å². The summed E-state index contributed by atoms with van der Waals surface area (Å²) in [4.78, 5) is 27.5. The van der Waals surface area contributed by atoms with Gasteiger partial charge >= 0.3 is 6.09 Å². The molecule has 0 aliphatic carbocycles. The first-order valence-corrected chi connectivity index (χ1v) is 13.3. The Morgan fingerprint density at radius 1 is 1.06 bits per heavy atom. The van der Waals surface area contributed by atoms with Gasteiger partial charge in [0.05, 0.1) is 0 Å². The maximum absolute atomic E-state index is 13.1. The van der Waals surface area contributed by atoms with Crippen molar-refractivity contribution in [2.75, 3.05) is 19.6 Å². The van der Waals surface area contributed by atoms with E-state index >= 15 is 0 Å². The number of rotatable bonds is 6. The maximum atomic E-state index is 13.1. The molecule has 184 valence electrons. The molecule has 1 unspecified atom stereocenters. The monoisotopic (exact) mass is 592 g/mol. The van der Waals surface area contributed by atoms with Gasteiger partial charge in [0.25, 0.3) is 0 Å². The third-order valence-corrected chi connectivity index (χ3v) is 7.23. The average molecular weight is 594 g/mol. The van der Waals surface area contributed by atoms with Crippen LogP contribution in [0.2, 0.25) is 0 Å². The van der Waals surface area contributed by atoms with Crippen molar-refractivity contribution in [3.63, 3.8) is 0 Å². The Morgan fingerprint density at radius 2 is 1.65 bits per heavy atom. The van der Waals surface area contributed by atoms with Gasteiger partial charge < -0.3 is 15.0 Å². The molecule has 2 aromatic carbocycles. The van der Waals surface area contributed by atoms with E-state index in [4.69, 9.17) is 4.74 Å². The molecule has 0 radical (unpaired) electrons. The first-order chi connectivity index (χ1) is 16.0. The first kappa shape index (κ1) is 26.7. The predicted molar refractivity (Wildman–Crippen MR) is 143 cm³/mol. The fraction of sp³-hybridized carbons (Fsp3) is 0.481. The number of benzene rings is 2. The fourth-order valence-electron chi connectivity index (χ4n) is 4.42. The quantitative estimate of drug-likeness (QED) is 0.401. The van der Waals surface area contributed by atoms with E-state index in [0.717, 1.165) is 32.9 Å². The summed E-state index contributed by atoms with van der Waals surface area (Å²) in [5.74, 6) is 0.218. The largest absolute Gasteiger partial charge is 0.444 e. The van der Waals surface area contributed by atoms with E-state index in [1.807, 2.05) is 45.0 Å². The Bertz CT molecular complexity index is 976. The Morgan fingerprint density at radius 3 is 2.21 bits per heavy atom. The van der Waals surface area contributed by atoms with Crippen LogP contribution in [-0.2, 0) is 14.9 Å². The summed E-state index contributed by atoms with van der Waals surface area (Å²) in [6, 6.07) is 16.4. The van der Waals surface area contributed by atoms with Crippen molar-refractivity contribution < 1.29 is 14.3 Å². The minimum Gasteiger partial charge on any atom is -0.444 e. The standard InChI is InChI=1S/C27H34Br2N2O3/c1-19(20-14-22(28)16-23(29)15-20)18-30-24(32)17-27(21-8-6-5-7-9-21)10-12-31(13-11-27)25(33)34-26(2,3)4/h5-9,14-16,19H,10-13,17-18H2,1-4H3,(H,30,32). The number of hydrogen-bond acceptors (Lipinski definition) is 3. The van der Waals surface area contributed by atoms with Crippen LogP contribution >= 0.6 is 31.9 Å². The van der Waals surface area contributed by atoms with Crippen LogP contribution in [0, 0.1) is 0 Å². The number of hydrogen-bond donors (Lipinski definition) is 1. The molecule has 1 fully saturated rings. The zero-order chi connectivity index (χ0) is 24.9. The highest BCUT2D eigenvalue weighted by Gasteiger charge is 2.40. The van der Waals surface area contributed by atoms with Crippen LogP contribution in [0.3, 0.4) is 0 Å². The summed E-state index contributed by atoms with van der Waals surface area (Å²) in [6.07, 6.45) is 1.55. The van der Waals surface area contributed by atoms with Crippen molar-refractivity contribution in [3.8, 4) is 0 Å². The minimum absolute atomic E-state index is 0.0375. The number of likely N-dealkylation sites (tertiary alicyclic amines) is 1. The average Bonchev–Trinajstić information content (AvgIpc) is 2.76. The van der Waals surface area contributed by atoms with Gasteiger partial charge in [0, 0.05) is 40.4 Å². The van der Waals surface area contributed by atoms with E-state index in [-0.39, 0.29) is 23.3 Å². The summed E-state index contributed by atoms with van der Waals surface area (Å²) < 4.78 is 7.58.